The molecule has 3 rings (SSSR count). The van der Waals surface area contributed by atoms with Crippen LogP contribution in [0.25, 0.3) is 0 Å². The molecule has 1 aromatic rings. The molecule has 1 N–H and O–H groups in total. The molecule has 0 radical (unpaired) electrons. The fourth-order valence-corrected chi connectivity index (χ4v) is 2.34. The molecule has 3 atom stereocenters. The van der Waals surface area contributed by atoms with E-state index in [0.29, 0.717) is 5.56 Å². The highest BCUT2D eigenvalue weighted by Gasteiger charge is 2.59. The predicted molar refractivity (Wildman–Crippen MR) is 49.8 cm³/mol. The maximum atomic E-state index is 13.6. The van der Waals surface area contributed by atoms with Crippen molar-refractivity contribution in [1.29, 1.82) is 0 Å². The van der Waals surface area contributed by atoms with Crippen molar-refractivity contribution >= 4 is 0 Å². The van der Waals surface area contributed by atoms with Crippen LogP contribution in [0.2, 0.25) is 0 Å². The Kier molecular flexibility index (Phi) is 1.71. The molecule has 0 aromatic heterocycles. The number of hydrogen-bond acceptors (Lipinski definition) is 2. The highest BCUT2D eigenvalue weighted by molar-refractivity contribution is 5.31. The van der Waals surface area contributed by atoms with Crippen molar-refractivity contribution < 1.29 is 13.6 Å². The molecule has 0 spiro atoms. The Morgan fingerprint density at radius 2 is 2.27 bits per heavy atom. The van der Waals surface area contributed by atoms with Crippen molar-refractivity contribution in [1.82, 2.24) is 5.48 Å². The summed E-state index contributed by atoms with van der Waals surface area (Å²) in [4.78, 5) is 5.25. The molecule has 80 valence electrons. The molecule has 1 aromatic carbocycles. The first-order chi connectivity index (χ1) is 7.13. The molecule has 0 bridgehead atoms. The van der Waals surface area contributed by atoms with Gasteiger partial charge in [-0.2, -0.15) is 5.48 Å². The summed E-state index contributed by atoms with van der Waals surface area (Å²) in [5.41, 5.74) is 2.58. The Balaban J connectivity index is 2.08. The van der Waals surface area contributed by atoms with Gasteiger partial charge >= 0.3 is 0 Å². The highest BCUT2D eigenvalue weighted by atomic mass is 19.2. The van der Waals surface area contributed by atoms with E-state index >= 15 is 0 Å². The van der Waals surface area contributed by atoms with Gasteiger partial charge in [0.15, 0.2) is 11.6 Å². The summed E-state index contributed by atoms with van der Waals surface area (Å²) in [6, 6.07) is 4.26. The Hall–Kier alpha value is -1.00. The second-order valence-corrected chi connectivity index (χ2v) is 4.40. The van der Waals surface area contributed by atoms with Crippen molar-refractivity contribution in [2.24, 2.45) is 5.92 Å². The Morgan fingerprint density at radius 1 is 1.47 bits per heavy atom. The van der Waals surface area contributed by atoms with Crippen LogP contribution < -0.4 is 5.48 Å². The van der Waals surface area contributed by atoms with Gasteiger partial charge < -0.3 is 0 Å². The van der Waals surface area contributed by atoms with E-state index in [-0.39, 0.29) is 12.0 Å². The number of nitrogens with one attached hydrogen (secondary N) is 1. The van der Waals surface area contributed by atoms with Gasteiger partial charge in [-0.1, -0.05) is 12.1 Å². The van der Waals surface area contributed by atoms with E-state index in [1.165, 1.54) is 6.07 Å². The maximum Gasteiger partial charge on any atom is 0.163 e. The van der Waals surface area contributed by atoms with Crippen LogP contribution in [0.3, 0.4) is 0 Å². The maximum absolute atomic E-state index is 13.6. The molecule has 0 amide bonds. The lowest BCUT2D eigenvalue weighted by Gasteiger charge is -2.26. The summed E-state index contributed by atoms with van der Waals surface area (Å²) in [7, 11) is 0. The molecular formula is C11H11F2NO. The Labute approximate surface area is 86.2 Å². The van der Waals surface area contributed by atoms with Gasteiger partial charge in [-0.25, -0.2) is 8.78 Å². The third kappa shape index (κ3) is 1.15. The average molecular weight is 211 g/mol. The minimum Gasteiger partial charge on any atom is -0.297 e. The minimum absolute atomic E-state index is 0.165. The second kappa shape index (κ2) is 2.77. The lowest BCUT2D eigenvalue weighted by molar-refractivity contribution is 0.0211. The number of hydroxylamine groups is 1. The zero-order chi connectivity index (χ0) is 10.6. The van der Waals surface area contributed by atoms with Crippen molar-refractivity contribution in [3.63, 3.8) is 0 Å². The van der Waals surface area contributed by atoms with Gasteiger partial charge in [-0.15, -0.1) is 0 Å². The standard InChI is InChI=1S/C11H11F2NO/c1-11(7-5-9(7)15-14-11)6-3-2-4-8(12)10(6)13/h2-4,7,9,14H,5H2,1H3/t7?,9-,11-/m1/s1. The summed E-state index contributed by atoms with van der Waals surface area (Å²) in [5, 5.41) is 0. The molecule has 4 heteroatoms. The Bertz CT molecular complexity index is 423. The van der Waals surface area contributed by atoms with Gasteiger partial charge in [0.1, 0.15) is 0 Å². The summed E-state index contributed by atoms with van der Waals surface area (Å²) in [5.74, 6) is -1.32. The monoisotopic (exact) mass is 211 g/mol. The molecule has 1 saturated carbocycles. The average Bonchev–Trinajstić information content (AvgIpc) is 2.93. The van der Waals surface area contributed by atoms with E-state index in [0.717, 1.165) is 12.5 Å². The van der Waals surface area contributed by atoms with E-state index in [1.54, 1.807) is 6.07 Å². The largest absolute Gasteiger partial charge is 0.297 e. The lowest BCUT2D eigenvalue weighted by atomic mass is 9.88. The lowest BCUT2D eigenvalue weighted by Crippen LogP contribution is -2.37. The predicted octanol–water partition coefficient (Wildman–Crippen LogP) is 2.10. The van der Waals surface area contributed by atoms with E-state index in [2.05, 4.69) is 5.48 Å². The van der Waals surface area contributed by atoms with E-state index < -0.39 is 17.2 Å². The van der Waals surface area contributed by atoms with Crippen LogP contribution in [0.15, 0.2) is 18.2 Å². The van der Waals surface area contributed by atoms with Gasteiger partial charge in [0.25, 0.3) is 0 Å². The Morgan fingerprint density at radius 3 is 2.87 bits per heavy atom. The van der Waals surface area contributed by atoms with E-state index in [9.17, 15) is 8.78 Å². The minimum atomic E-state index is -0.806. The van der Waals surface area contributed by atoms with Gasteiger partial charge in [-0.05, 0) is 19.4 Å². The summed E-state index contributed by atoms with van der Waals surface area (Å²) in [6.45, 7) is 1.85. The summed E-state index contributed by atoms with van der Waals surface area (Å²) in [6.07, 6.45) is 1.08. The van der Waals surface area contributed by atoms with Crippen molar-refractivity contribution in [3.8, 4) is 0 Å². The van der Waals surface area contributed by atoms with Crippen molar-refractivity contribution in [2.75, 3.05) is 0 Å². The first-order valence-electron chi connectivity index (χ1n) is 5.00. The quantitative estimate of drug-likeness (QED) is 0.768. The van der Waals surface area contributed by atoms with Crippen LogP contribution in [0.5, 0.6) is 0 Å². The second-order valence-electron chi connectivity index (χ2n) is 4.40. The fourth-order valence-electron chi connectivity index (χ4n) is 2.34. The fraction of sp³-hybridized carbons (Fsp3) is 0.455. The molecular weight excluding hydrogens is 200 g/mol. The molecule has 1 heterocycles. The third-order valence-corrected chi connectivity index (χ3v) is 3.41. The van der Waals surface area contributed by atoms with Gasteiger partial charge in [0.2, 0.25) is 0 Å². The van der Waals surface area contributed by atoms with Gasteiger partial charge in [0, 0.05) is 11.5 Å². The number of hydrogen-bond donors (Lipinski definition) is 1. The van der Waals surface area contributed by atoms with Crippen LogP contribution in [0.4, 0.5) is 8.78 Å². The van der Waals surface area contributed by atoms with Crippen LogP contribution >= 0.6 is 0 Å². The molecule has 1 unspecified atom stereocenters. The molecule has 1 aliphatic carbocycles. The topological polar surface area (TPSA) is 21.3 Å². The number of rotatable bonds is 1. The molecule has 2 nitrogen and oxygen atoms in total. The molecule has 2 fully saturated rings. The van der Waals surface area contributed by atoms with Crippen LogP contribution in [0, 0.1) is 17.6 Å². The van der Waals surface area contributed by atoms with E-state index in [1.807, 2.05) is 6.92 Å². The number of fused-ring (bicyclic) bond motifs is 1. The van der Waals surface area contributed by atoms with Crippen molar-refractivity contribution in [2.45, 2.75) is 25.0 Å². The smallest absolute Gasteiger partial charge is 0.163 e. The first kappa shape index (κ1) is 9.24. The molecule has 1 aliphatic heterocycles. The summed E-state index contributed by atoms with van der Waals surface area (Å²) < 4.78 is 26.7. The molecule has 15 heavy (non-hydrogen) atoms. The van der Waals surface area contributed by atoms with Crippen LogP contribution in [-0.2, 0) is 10.4 Å². The van der Waals surface area contributed by atoms with E-state index in [4.69, 9.17) is 4.84 Å². The number of benzene rings is 1. The summed E-state index contributed by atoms with van der Waals surface area (Å²) >= 11 is 0. The third-order valence-electron chi connectivity index (χ3n) is 3.41. The van der Waals surface area contributed by atoms with Gasteiger partial charge in [-0.3, -0.25) is 4.84 Å². The normalized spacial score (nSPS) is 37.8. The molecule has 1 saturated heterocycles. The number of halogens is 2. The SMILES string of the molecule is C[C@]1(c2cccc(F)c2F)NO[C@@H]2CC21. The van der Waals surface area contributed by atoms with Crippen molar-refractivity contribution in [3.05, 3.63) is 35.4 Å². The zero-order valence-corrected chi connectivity index (χ0v) is 8.26. The van der Waals surface area contributed by atoms with Crippen LogP contribution in [0.1, 0.15) is 18.9 Å². The molecule has 2 aliphatic rings. The zero-order valence-electron chi connectivity index (χ0n) is 8.26. The van der Waals surface area contributed by atoms with Gasteiger partial charge in [0.05, 0.1) is 11.6 Å². The first-order valence-corrected chi connectivity index (χ1v) is 5.00. The highest BCUT2D eigenvalue weighted by Crippen LogP contribution is 2.52. The van der Waals surface area contributed by atoms with Crippen LogP contribution in [-0.4, -0.2) is 6.10 Å².